The van der Waals surface area contributed by atoms with Gasteiger partial charge in [0.2, 0.25) is 0 Å². The highest BCUT2D eigenvalue weighted by atomic mass is 16.3. The summed E-state index contributed by atoms with van der Waals surface area (Å²) in [5, 5.41) is 11.6. The maximum Gasteiger partial charge on any atom is 0.271 e. The summed E-state index contributed by atoms with van der Waals surface area (Å²) in [5.74, 6) is -0.407. The molecule has 0 fully saturated rings. The molecule has 0 spiro atoms. The van der Waals surface area contributed by atoms with Crippen LogP contribution in [-0.2, 0) is 0 Å². The first-order valence-electron chi connectivity index (χ1n) is 5.01. The van der Waals surface area contributed by atoms with Gasteiger partial charge in [-0.25, -0.2) is 4.98 Å². The Hall–Kier alpha value is -1.69. The number of nitrogens with one attached hydrogen (secondary N) is 2. The molecule has 3 N–H and O–H groups in total. The molecule has 1 amide bonds. The van der Waals surface area contributed by atoms with E-state index in [0.717, 1.165) is 6.20 Å². The smallest absolute Gasteiger partial charge is 0.271 e. The molecule has 1 aromatic rings. The third-order valence-electron chi connectivity index (χ3n) is 2.40. The Labute approximate surface area is 92.7 Å². The van der Waals surface area contributed by atoms with Crippen molar-refractivity contribution in [1.82, 2.24) is 15.3 Å². The van der Waals surface area contributed by atoms with Crippen LogP contribution in [0.15, 0.2) is 17.2 Å². The molecule has 2 atom stereocenters. The summed E-state index contributed by atoms with van der Waals surface area (Å²) in [6, 6.07) is -0.161. The van der Waals surface area contributed by atoms with Crippen molar-refractivity contribution in [3.8, 4) is 0 Å². The number of hydrogen-bond donors (Lipinski definition) is 3. The van der Waals surface area contributed by atoms with Crippen LogP contribution in [0.2, 0.25) is 0 Å². The molecule has 1 heterocycles. The van der Waals surface area contributed by atoms with Gasteiger partial charge in [-0.05, 0) is 12.8 Å². The summed E-state index contributed by atoms with van der Waals surface area (Å²) < 4.78 is 0. The van der Waals surface area contributed by atoms with Gasteiger partial charge in [-0.15, -0.1) is 0 Å². The first-order chi connectivity index (χ1) is 7.54. The Bertz CT molecular complexity index is 396. The molecule has 0 saturated heterocycles. The zero-order valence-corrected chi connectivity index (χ0v) is 9.23. The van der Waals surface area contributed by atoms with E-state index in [1.54, 1.807) is 6.92 Å². The number of rotatable bonds is 4. The van der Waals surface area contributed by atoms with Crippen LogP contribution < -0.4 is 10.9 Å². The summed E-state index contributed by atoms with van der Waals surface area (Å²) in [6.45, 7) is 3.62. The van der Waals surface area contributed by atoms with Gasteiger partial charge in [-0.3, -0.25) is 9.59 Å². The average Bonchev–Trinajstić information content (AvgIpc) is 2.28. The molecular formula is C10H15N3O3. The molecule has 0 aliphatic carbocycles. The molecule has 16 heavy (non-hydrogen) atoms. The predicted octanol–water partition coefficient (Wildman–Crippen LogP) is -0.483. The highest BCUT2D eigenvalue weighted by Gasteiger charge is 2.15. The van der Waals surface area contributed by atoms with Gasteiger partial charge in [0.25, 0.3) is 11.5 Å². The maximum atomic E-state index is 11.6. The van der Waals surface area contributed by atoms with E-state index in [4.69, 9.17) is 5.11 Å². The molecule has 88 valence electrons. The number of carbonyl (C=O) groups is 1. The number of aromatic amines is 1. The summed E-state index contributed by atoms with van der Waals surface area (Å²) in [4.78, 5) is 28.4. The maximum absolute atomic E-state index is 11.6. The fourth-order valence-electron chi connectivity index (χ4n) is 1.05. The van der Waals surface area contributed by atoms with Gasteiger partial charge in [-0.2, -0.15) is 0 Å². The molecule has 0 aliphatic rings. The molecule has 0 saturated carbocycles. The molecule has 0 aliphatic heterocycles. The van der Waals surface area contributed by atoms with Gasteiger partial charge in [0.1, 0.15) is 5.69 Å². The van der Waals surface area contributed by atoms with Crippen LogP contribution in [0.3, 0.4) is 0 Å². The van der Waals surface area contributed by atoms with Gasteiger partial charge < -0.3 is 15.4 Å². The lowest BCUT2D eigenvalue weighted by molar-refractivity contribution is 0.0910. The van der Waals surface area contributed by atoms with Gasteiger partial charge in [0.05, 0.1) is 6.20 Å². The van der Waals surface area contributed by atoms with Gasteiger partial charge in [0.15, 0.2) is 0 Å². The van der Waals surface area contributed by atoms with Gasteiger partial charge in [0, 0.05) is 18.8 Å². The van der Waals surface area contributed by atoms with Gasteiger partial charge >= 0.3 is 0 Å². The number of amides is 1. The molecule has 2 unspecified atom stereocenters. The van der Waals surface area contributed by atoms with Crippen LogP contribution in [0.25, 0.3) is 0 Å². The molecule has 0 radical (unpaired) electrons. The van der Waals surface area contributed by atoms with Crippen molar-refractivity contribution in [2.24, 2.45) is 5.92 Å². The third-order valence-corrected chi connectivity index (χ3v) is 2.40. The Morgan fingerprint density at radius 3 is 2.81 bits per heavy atom. The molecule has 6 heteroatoms. The first kappa shape index (κ1) is 12.4. The number of carbonyl (C=O) groups excluding carboxylic acids is 1. The van der Waals surface area contributed by atoms with Gasteiger partial charge in [-0.1, -0.05) is 6.92 Å². The van der Waals surface area contributed by atoms with E-state index in [9.17, 15) is 9.59 Å². The van der Waals surface area contributed by atoms with Crippen molar-refractivity contribution in [2.75, 3.05) is 6.61 Å². The van der Waals surface area contributed by atoms with Crippen molar-refractivity contribution in [1.29, 1.82) is 0 Å². The molecule has 0 bridgehead atoms. The topological polar surface area (TPSA) is 95.1 Å². The second-order valence-corrected chi connectivity index (χ2v) is 3.72. The minimum absolute atomic E-state index is 0.000494. The normalized spacial score (nSPS) is 14.2. The van der Waals surface area contributed by atoms with Crippen LogP contribution in [0.5, 0.6) is 0 Å². The standard InChI is InChI=1S/C10H15N3O3/c1-6(5-14)7(2)13-10(16)8-3-12-9(15)4-11-8/h3-4,6-7,14H,5H2,1-2H3,(H,12,15)(H,13,16). The Morgan fingerprint density at radius 2 is 2.31 bits per heavy atom. The van der Waals surface area contributed by atoms with E-state index >= 15 is 0 Å². The fourth-order valence-corrected chi connectivity index (χ4v) is 1.05. The minimum atomic E-state index is -0.371. The second-order valence-electron chi connectivity index (χ2n) is 3.72. The number of hydrogen-bond acceptors (Lipinski definition) is 4. The predicted molar refractivity (Wildman–Crippen MR) is 58.0 cm³/mol. The van der Waals surface area contributed by atoms with Crippen LogP contribution in [0.1, 0.15) is 24.3 Å². The molecule has 0 aromatic carbocycles. The summed E-state index contributed by atoms with van der Waals surface area (Å²) in [7, 11) is 0. The number of aromatic nitrogens is 2. The zero-order valence-electron chi connectivity index (χ0n) is 9.23. The third kappa shape index (κ3) is 3.16. The second kappa shape index (κ2) is 5.41. The molecule has 1 aromatic heterocycles. The quantitative estimate of drug-likeness (QED) is 0.644. The van der Waals surface area contributed by atoms with E-state index in [0.29, 0.717) is 0 Å². The Balaban J connectivity index is 2.65. The molecule has 1 rings (SSSR count). The lowest BCUT2D eigenvalue weighted by atomic mass is 10.1. The Kier molecular flexibility index (Phi) is 4.19. The lowest BCUT2D eigenvalue weighted by Crippen LogP contribution is -2.38. The van der Waals surface area contributed by atoms with E-state index in [-0.39, 0.29) is 35.7 Å². The highest BCUT2D eigenvalue weighted by Crippen LogP contribution is 2.01. The van der Waals surface area contributed by atoms with Crippen molar-refractivity contribution in [2.45, 2.75) is 19.9 Å². The average molecular weight is 225 g/mol. The fraction of sp³-hybridized carbons (Fsp3) is 0.500. The van der Waals surface area contributed by atoms with Crippen LogP contribution in [0, 0.1) is 5.92 Å². The summed E-state index contributed by atoms with van der Waals surface area (Å²) in [5.41, 5.74) is -0.204. The molecular weight excluding hydrogens is 210 g/mol. The van der Waals surface area contributed by atoms with Crippen molar-refractivity contribution >= 4 is 5.91 Å². The zero-order chi connectivity index (χ0) is 12.1. The highest BCUT2D eigenvalue weighted by molar-refractivity contribution is 5.92. The van der Waals surface area contributed by atoms with E-state index in [1.165, 1.54) is 6.20 Å². The number of aliphatic hydroxyl groups excluding tert-OH is 1. The number of H-pyrrole nitrogens is 1. The summed E-state index contributed by atoms with van der Waals surface area (Å²) in [6.07, 6.45) is 2.31. The molecule has 6 nitrogen and oxygen atoms in total. The SMILES string of the molecule is CC(CO)C(C)NC(=O)c1c[nH]c(=O)cn1. The minimum Gasteiger partial charge on any atom is -0.396 e. The van der Waals surface area contributed by atoms with Crippen LogP contribution >= 0.6 is 0 Å². The van der Waals surface area contributed by atoms with E-state index < -0.39 is 0 Å². The van der Waals surface area contributed by atoms with Crippen molar-refractivity contribution < 1.29 is 9.90 Å². The van der Waals surface area contributed by atoms with Crippen molar-refractivity contribution in [3.05, 3.63) is 28.4 Å². The number of aliphatic hydroxyl groups is 1. The Morgan fingerprint density at radius 1 is 1.62 bits per heavy atom. The van der Waals surface area contributed by atoms with Crippen LogP contribution in [-0.4, -0.2) is 33.6 Å². The van der Waals surface area contributed by atoms with E-state index in [1.807, 2.05) is 6.92 Å². The number of nitrogens with zero attached hydrogens (tertiary/aromatic N) is 1. The van der Waals surface area contributed by atoms with Crippen molar-refractivity contribution in [3.63, 3.8) is 0 Å². The van der Waals surface area contributed by atoms with E-state index in [2.05, 4.69) is 15.3 Å². The first-order valence-corrected chi connectivity index (χ1v) is 5.01. The lowest BCUT2D eigenvalue weighted by Gasteiger charge is -2.18. The largest absolute Gasteiger partial charge is 0.396 e. The monoisotopic (exact) mass is 225 g/mol. The van der Waals surface area contributed by atoms with Crippen LogP contribution in [0.4, 0.5) is 0 Å². The summed E-state index contributed by atoms with van der Waals surface area (Å²) >= 11 is 0.